The van der Waals surface area contributed by atoms with Crippen LogP contribution >= 0.6 is 11.6 Å². The normalized spacial score (nSPS) is 18.9. The molecule has 20 heavy (non-hydrogen) atoms. The van der Waals surface area contributed by atoms with E-state index in [1.807, 2.05) is 24.3 Å². The van der Waals surface area contributed by atoms with Crippen molar-refractivity contribution in [2.75, 3.05) is 7.11 Å². The van der Waals surface area contributed by atoms with Gasteiger partial charge >= 0.3 is 0 Å². The van der Waals surface area contributed by atoms with Crippen molar-refractivity contribution >= 4 is 22.6 Å². The summed E-state index contributed by atoms with van der Waals surface area (Å²) in [5.74, 6) is 6.51. The molecule has 1 heterocycles. The van der Waals surface area contributed by atoms with Crippen LogP contribution in [0.3, 0.4) is 0 Å². The van der Waals surface area contributed by atoms with Crippen molar-refractivity contribution in [2.24, 2.45) is 5.84 Å². The molecule has 1 unspecified atom stereocenters. The van der Waals surface area contributed by atoms with Crippen LogP contribution in [0.25, 0.3) is 11.0 Å². The number of ether oxygens (including phenoxy) is 1. The molecule has 5 heteroatoms. The fourth-order valence-corrected chi connectivity index (χ4v) is 3.12. The number of furan rings is 1. The Labute approximate surface area is 123 Å². The molecule has 1 fully saturated rings. The van der Waals surface area contributed by atoms with Gasteiger partial charge in [0.15, 0.2) is 5.58 Å². The van der Waals surface area contributed by atoms with E-state index in [2.05, 4.69) is 5.43 Å². The van der Waals surface area contributed by atoms with Gasteiger partial charge in [0, 0.05) is 18.9 Å². The first-order chi connectivity index (χ1) is 9.67. The minimum atomic E-state index is -0.0706. The van der Waals surface area contributed by atoms with Crippen LogP contribution in [-0.4, -0.2) is 12.7 Å². The lowest BCUT2D eigenvalue weighted by atomic mass is 9.75. The van der Waals surface area contributed by atoms with E-state index in [4.69, 9.17) is 26.6 Å². The van der Waals surface area contributed by atoms with Gasteiger partial charge in [-0.3, -0.25) is 5.84 Å². The summed E-state index contributed by atoms with van der Waals surface area (Å²) < 4.78 is 11.5. The molecule has 1 saturated carbocycles. The van der Waals surface area contributed by atoms with Gasteiger partial charge < -0.3 is 9.15 Å². The Balaban J connectivity index is 1.89. The highest BCUT2D eigenvalue weighted by atomic mass is 35.5. The number of fused-ring (bicyclic) bond motifs is 1. The monoisotopic (exact) mass is 294 g/mol. The summed E-state index contributed by atoms with van der Waals surface area (Å²) in [6.07, 6.45) is 4.15. The fraction of sp³-hybridized carbons (Fsp3) is 0.467. The number of para-hydroxylation sites is 1. The first-order valence-electron chi connectivity index (χ1n) is 6.87. The number of rotatable bonds is 5. The van der Waals surface area contributed by atoms with Crippen LogP contribution in [0, 0.1) is 0 Å². The third-order valence-electron chi connectivity index (χ3n) is 4.33. The van der Waals surface area contributed by atoms with Crippen molar-refractivity contribution in [1.82, 2.24) is 5.43 Å². The van der Waals surface area contributed by atoms with Gasteiger partial charge in [0.05, 0.1) is 16.7 Å². The molecule has 0 radical (unpaired) electrons. The second kappa shape index (κ2) is 5.37. The molecule has 0 saturated heterocycles. The molecule has 0 aliphatic heterocycles. The number of hydrogen-bond acceptors (Lipinski definition) is 4. The zero-order valence-corrected chi connectivity index (χ0v) is 12.2. The summed E-state index contributed by atoms with van der Waals surface area (Å²) in [5.41, 5.74) is 3.48. The molecule has 1 atom stereocenters. The zero-order valence-electron chi connectivity index (χ0n) is 11.5. The smallest absolute Gasteiger partial charge is 0.152 e. The lowest BCUT2D eigenvalue weighted by molar-refractivity contribution is -0.0848. The first kappa shape index (κ1) is 13.9. The fourth-order valence-electron chi connectivity index (χ4n) is 2.90. The highest BCUT2D eigenvalue weighted by molar-refractivity contribution is 6.34. The number of hydrazine groups is 1. The van der Waals surface area contributed by atoms with E-state index in [0.29, 0.717) is 10.6 Å². The summed E-state index contributed by atoms with van der Waals surface area (Å²) in [4.78, 5) is 0. The molecule has 4 nitrogen and oxygen atoms in total. The average Bonchev–Trinajstić information content (AvgIpc) is 2.84. The molecule has 1 aliphatic carbocycles. The van der Waals surface area contributed by atoms with Crippen LogP contribution < -0.4 is 11.3 Å². The SMILES string of the molecule is COC1(CC(NN)c2cc3cccc(Cl)c3o2)CCC1. The molecular formula is C15H19ClN2O2. The van der Waals surface area contributed by atoms with Gasteiger partial charge in [-0.1, -0.05) is 23.7 Å². The van der Waals surface area contributed by atoms with E-state index in [9.17, 15) is 0 Å². The van der Waals surface area contributed by atoms with Gasteiger partial charge in [-0.05, 0) is 31.4 Å². The topological polar surface area (TPSA) is 60.4 Å². The summed E-state index contributed by atoms with van der Waals surface area (Å²) in [5, 5.41) is 1.61. The second-order valence-corrected chi connectivity index (χ2v) is 5.88. The van der Waals surface area contributed by atoms with Gasteiger partial charge in [-0.2, -0.15) is 0 Å². The standard InChI is InChI=1S/C15H19ClN2O2/c1-19-15(6-3-7-15)9-12(18-17)13-8-10-4-2-5-11(16)14(10)20-13/h2,4-5,8,12,18H,3,6-7,9,17H2,1H3. The van der Waals surface area contributed by atoms with Gasteiger partial charge in [-0.15, -0.1) is 0 Å². The highest BCUT2D eigenvalue weighted by Gasteiger charge is 2.40. The van der Waals surface area contributed by atoms with Crippen LogP contribution in [0.1, 0.15) is 37.5 Å². The largest absolute Gasteiger partial charge is 0.458 e. The maximum absolute atomic E-state index is 6.15. The van der Waals surface area contributed by atoms with Crippen LogP contribution in [-0.2, 0) is 4.74 Å². The van der Waals surface area contributed by atoms with Crippen molar-refractivity contribution < 1.29 is 9.15 Å². The number of nitrogens with one attached hydrogen (secondary N) is 1. The van der Waals surface area contributed by atoms with Gasteiger partial charge in [-0.25, -0.2) is 5.43 Å². The van der Waals surface area contributed by atoms with E-state index in [1.54, 1.807) is 7.11 Å². The van der Waals surface area contributed by atoms with E-state index in [0.717, 1.165) is 30.4 Å². The summed E-state index contributed by atoms with van der Waals surface area (Å²) in [6.45, 7) is 0. The molecule has 3 N–H and O–H groups in total. The average molecular weight is 295 g/mol. The maximum Gasteiger partial charge on any atom is 0.152 e. The minimum absolute atomic E-state index is 0.0696. The number of hydrogen-bond donors (Lipinski definition) is 2. The van der Waals surface area contributed by atoms with Crippen LogP contribution in [0.5, 0.6) is 0 Å². The summed E-state index contributed by atoms with van der Waals surface area (Å²) >= 11 is 6.15. The van der Waals surface area contributed by atoms with Crippen molar-refractivity contribution in [2.45, 2.75) is 37.3 Å². The molecule has 0 spiro atoms. The molecule has 0 amide bonds. The number of halogens is 1. The highest BCUT2D eigenvalue weighted by Crippen LogP contribution is 2.42. The Morgan fingerprint density at radius 2 is 2.30 bits per heavy atom. The van der Waals surface area contributed by atoms with Crippen LogP contribution in [0.4, 0.5) is 0 Å². The van der Waals surface area contributed by atoms with E-state index >= 15 is 0 Å². The van der Waals surface area contributed by atoms with Crippen molar-refractivity contribution in [3.8, 4) is 0 Å². The van der Waals surface area contributed by atoms with Gasteiger partial charge in [0.1, 0.15) is 5.76 Å². The predicted molar refractivity (Wildman–Crippen MR) is 79.5 cm³/mol. The molecule has 2 aromatic rings. The Bertz CT molecular complexity index is 601. The predicted octanol–water partition coefficient (Wildman–Crippen LogP) is 3.55. The molecule has 1 aromatic carbocycles. The molecule has 1 aliphatic rings. The van der Waals surface area contributed by atoms with E-state index in [-0.39, 0.29) is 11.6 Å². The van der Waals surface area contributed by atoms with Crippen molar-refractivity contribution in [3.63, 3.8) is 0 Å². The summed E-state index contributed by atoms with van der Waals surface area (Å²) in [6, 6.07) is 7.64. The number of nitrogens with two attached hydrogens (primary N) is 1. The third-order valence-corrected chi connectivity index (χ3v) is 4.63. The van der Waals surface area contributed by atoms with Gasteiger partial charge in [0.2, 0.25) is 0 Å². The van der Waals surface area contributed by atoms with E-state index in [1.165, 1.54) is 6.42 Å². The Kier molecular flexibility index (Phi) is 3.73. The molecule has 108 valence electrons. The Morgan fingerprint density at radius 1 is 1.50 bits per heavy atom. The van der Waals surface area contributed by atoms with Crippen LogP contribution in [0.15, 0.2) is 28.7 Å². The molecule has 0 bridgehead atoms. The number of benzene rings is 1. The van der Waals surface area contributed by atoms with Crippen molar-refractivity contribution in [3.05, 3.63) is 35.0 Å². The third kappa shape index (κ3) is 2.33. The molecule has 1 aromatic heterocycles. The van der Waals surface area contributed by atoms with Crippen LogP contribution in [0.2, 0.25) is 5.02 Å². The van der Waals surface area contributed by atoms with E-state index < -0.39 is 0 Å². The Hall–Kier alpha value is -1.07. The quantitative estimate of drug-likeness (QED) is 0.654. The second-order valence-electron chi connectivity index (χ2n) is 5.47. The number of methoxy groups -OCH3 is 1. The molecular weight excluding hydrogens is 276 g/mol. The Morgan fingerprint density at radius 3 is 2.85 bits per heavy atom. The van der Waals surface area contributed by atoms with Crippen molar-refractivity contribution in [1.29, 1.82) is 0 Å². The zero-order chi connectivity index (χ0) is 14.2. The minimum Gasteiger partial charge on any atom is -0.458 e. The maximum atomic E-state index is 6.15. The molecule has 3 rings (SSSR count). The summed E-state index contributed by atoms with van der Waals surface area (Å²) in [7, 11) is 1.77. The lowest BCUT2D eigenvalue weighted by Crippen LogP contribution is -2.44. The first-order valence-corrected chi connectivity index (χ1v) is 7.24. The lowest BCUT2D eigenvalue weighted by Gasteiger charge is -2.42. The van der Waals surface area contributed by atoms with Gasteiger partial charge in [0.25, 0.3) is 0 Å².